The van der Waals surface area contributed by atoms with E-state index in [1.165, 1.54) is 12.1 Å². The molecular weight excluding hydrogens is 335 g/mol. The van der Waals surface area contributed by atoms with Crippen molar-refractivity contribution in [3.05, 3.63) is 29.6 Å². The number of phenols is 1. The highest BCUT2D eigenvalue weighted by Crippen LogP contribution is 2.16. The summed E-state index contributed by atoms with van der Waals surface area (Å²) in [6.07, 6.45) is 3.22. The van der Waals surface area contributed by atoms with E-state index in [1.807, 2.05) is 6.92 Å². The summed E-state index contributed by atoms with van der Waals surface area (Å²) in [5.74, 6) is -0.199. The van der Waals surface area contributed by atoms with Crippen molar-refractivity contribution in [2.24, 2.45) is 4.99 Å². The first kappa shape index (κ1) is 20.5. The number of hydrogen-bond acceptors (Lipinski definition) is 4. The lowest BCUT2D eigenvalue weighted by Crippen LogP contribution is -2.48. The Morgan fingerprint density at radius 2 is 2.15 bits per heavy atom. The molecule has 2 rings (SSSR count). The summed E-state index contributed by atoms with van der Waals surface area (Å²) in [6, 6.07) is 4.76. The Kier molecular flexibility index (Phi) is 8.64. The molecule has 6 nitrogen and oxygen atoms in total. The molecule has 1 aliphatic rings. The molecule has 0 amide bonds. The number of piperidine rings is 1. The number of halogens is 1. The van der Waals surface area contributed by atoms with E-state index in [1.54, 1.807) is 13.2 Å². The van der Waals surface area contributed by atoms with Gasteiger partial charge in [-0.1, -0.05) is 6.07 Å². The molecule has 0 spiro atoms. The molecular formula is C19H31FN4O2. The first-order valence-corrected chi connectivity index (χ1v) is 9.36. The smallest absolute Gasteiger partial charge is 0.191 e. The number of aromatic hydroxyl groups is 1. The van der Waals surface area contributed by atoms with Crippen LogP contribution in [0.4, 0.5) is 4.39 Å². The van der Waals surface area contributed by atoms with Gasteiger partial charge in [-0.2, -0.15) is 0 Å². The summed E-state index contributed by atoms with van der Waals surface area (Å²) < 4.78 is 18.5. The first-order valence-electron chi connectivity index (χ1n) is 9.36. The Morgan fingerprint density at radius 3 is 2.81 bits per heavy atom. The molecule has 3 N–H and O–H groups in total. The van der Waals surface area contributed by atoms with E-state index in [0.29, 0.717) is 12.6 Å². The van der Waals surface area contributed by atoms with Crippen LogP contribution in [-0.4, -0.2) is 61.9 Å². The van der Waals surface area contributed by atoms with Gasteiger partial charge in [0.05, 0.1) is 6.54 Å². The van der Waals surface area contributed by atoms with Crippen LogP contribution in [0.5, 0.6) is 5.75 Å². The number of benzene rings is 1. The predicted octanol–water partition coefficient (Wildman–Crippen LogP) is 2.09. The van der Waals surface area contributed by atoms with Crippen LogP contribution in [-0.2, 0) is 11.3 Å². The number of guanidine groups is 1. The van der Waals surface area contributed by atoms with Crippen molar-refractivity contribution in [2.45, 2.75) is 38.8 Å². The molecule has 1 aliphatic heterocycles. The molecule has 0 aliphatic carbocycles. The number of ether oxygens (including phenoxy) is 1. The van der Waals surface area contributed by atoms with Gasteiger partial charge in [0.15, 0.2) is 17.5 Å². The average molecular weight is 366 g/mol. The fourth-order valence-corrected chi connectivity index (χ4v) is 3.07. The Hall–Kier alpha value is -1.86. The first-order chi connectivity index (χ1) is 12.6. The number of nitrogens with one attached hydrogen (secondary N) is 2. The van der Waals surface area contributed by atoms with Crippen molar-refractivity contribution in [1.82, 2.24) is 15.5 Å². The van der Waals surface area contributed by atoms with E-state index in [2.05, 4.69) is 20.5 Å². The van der Waals surface area contributed by atoms with Crippen LogP contribution in [0.15, 0.2) is 23.2 Å². The molecule has 1 fully saturated rings. The summed E-state index contributed by atoms with van der Waals surface area (Å²) in [5.41, 5.74) is 0.727. The second kappa shape index (κ2) is 11.0. The van der Waals surface area contributed by atoms with Gasteiger partial charge >= 0.3 is 0 Å². The van der Waals surface area contributed by atoms with Gasteiger partial charge in [-0.15, -0.1) is 0 Å². The van der Waals surface area contributed by atoms with Gasteiger partial charge in [-0.25, -0.2) is 9.38 Å². The predicted molar refractivity (Wildman–Crippen MR) is 102 cm³/mol. The highest BCUT2D eigenvalue weighted by molar-refractivity contribution is 5.80. The molecule has 1 aromatic rings. The number of nitrogens with zero attached hydrogens (tertiary/aromatic N) is 2. The highest BCUT2D eigenvalue weighted by atomic mass is 19.1. The molecule has 146 valence electrons. The summed E-state index contributed by atoms with van der Waals surface area (Å²) in [4.78, 5) is 7.02. The van der Waals surface area contributed by atoms with Crippen LogP contribution < -0.4 is 10.6 Å². The molecule has 0 aromatic heterocycles. The third-order valence-electron chi connectivity index (χ3n) is 4.53. The van der Waals surface area contributed by atoms with Gasteiger partial charge in [0, 0.05) is 45.9 Å². The molecule has 26 heavy (non-hydrogen) atoms. The molecule has 1 heterocycles. The summed E-state index contributed by atoms with van der Waals surface area (Å²) in [5, 5.41) is 16.0. The number of hydrogen-bond donors (Lipinski definition) is 3. The van der Waals surface area contributed by atoms with Crippen molar-refractivity contribution in [3.63, 3.8) is 0 Å². The summed E-state index contributed by atoms with van der Waals surface area (Å²) in [6.45, 7) is 7.20. The molecule has 0 unspecified atom stereocenters. The minimum Gasteiger partial charge on any atom is -0.505 e. The molecule has 0 radical (unpaired) electrons. The zero-order valence-electron chi connectivity index (χ0n) is 15.8. The summed E-state index contributed by atoms with van der Waals surface area (Å²) in [7, 11) is 1.74. The Labute approximate surface area is 155 Å². The van der Waals surface area contributed by atoms with Crippen LogP contribution >= 0.6 is 0 Å². The number of rotatable bonds is 8. The maximum atomic E-state index is 13.4. The molecule has 1 saturated heterocycles. The minimum atomic E-state index is -0.614. The van der Waals surface area contributed by atoms with Crippen LogP contribution in [0.2, 0.25) is 0 Å². The van der Waals surface area contributed by atoms with Gasteiger partial charge < -0.3 is 25.4 Å². The molecule has 0 atom stereocenters. The van der Waals surface area contributed by atoms with Crippen LogP contribution in [0.25, 0.3) is 0 Å². The van der Waals surface area contributed by atoms with E-state index in [4.69, 9.17) is 4.74 Å². The zero-order valence-corrected chi connectivity index (χ0v) is 15.8. The molecule has 0 bridgehead atoms. The van der Waals surface area contributed by atoms with Gasteiger partial charge in [0.2, 0.25) is 0 Å². The zero-order chi connectivity index (χ0) is 18.8. The van der Waals surface area contributed by atoms with E-state index in [0.717, 1.165) is 63.6 Å². The van der Waals surface area contributed by atoms with Gasteiger partial charge in [-0.05, 0) is 43.9 Å². The Balaban J connectivity index is 1.83. The van der Waals surface area contributed by atoms with Crippen molar-refractivity contribution in [2.75, 3.05) is 39.9 Å². The second-order valence-corrected chi connectivity index (χ2v) is 6.59. The highest BCUT2D eigenvalue weighted by Gasteiger charge is 2.19. The Morgan fingerprint density at radius 1 is 1.38 bits per heavy atom. The van der Waals surface area contributed by atoms with Crippen LogP contribution in [0.1, 0.15) is 31.7 Å². The van der Waals surface area contributed by atoms with Crippen molar-refractivity contribution >= 4 is 5.96 Å². The van der Waals surface area contributed by atoms with Gasteiger partial charge in [0.25, 0.3) is 0 Å². The maximum absolute atomic E-state index is 13.4. The fourth-order valence-electron chi connectivity index (χ4n) is 3.07. The van der Waals surface area contributed by atoms with Crippen molar-refractivity contribution < 1.29 is 14.2 Å². The fraction of sp³-hybridized carbons (Fsp3) is 0.632. The van der Waals surface area contributed by atoms with Crippen molar-refractivity contribution in [1.29, 1.82) is 0 Å². The summed E-state index contributed by atoms with van der Waals surface area (Å²) >= 11 is 0. The lowest BCUT2D eigenvalue weighted by atomic mass is 10.1. The van der Waals surface area contributed by atoms with E-state index in [9.17, 15) is 9.50 Å². The maximum Gasteiger partial charge on any atom is 0.191 e. The number of phenolic OH excluding ortho intramolecular Hbond substituents is 1. The molecule has 0 saturated carbocycles. The van der Waals surface area contributed by atoms with Crippen LogP contribution in [0, 0.1) is 5.82 Å². The second-order valence-electron chi connectivity index (χ2n) is 6.59. The quantitative estimate of drug-likeness (QED) is 0.373. The topological polar surface area (TPSA) is 69.1 Å². The minimum absolute atomic E-state index is 0.333. The number of likely N-dealkylation sites (tertiary alicyclic amines) is 1. The average Bonchev–Trinajstić information content (AvgIpc) is 2.64. The normalized spacial score (nSPS) is 16.7. The van der Waals surface area contributed by atoms with Gasteiger partial charge in [-0.3, -0.25) is 0 Å². The lowest BCUT2D eigenvalue weighted by molar-refractivity contribution is 0.155. The van der Waals surface area contributed by atoms with Crippen molar-refractivity contribution in [3.8, 4) is 5.75 Å². The van der Waals surface area contributed by atoms with E-state index in [-0.39, 0.29) is 5.75 Å². The standard InChI is InChI=1S/C19H31FN4O2/c1-3-21-19(22-14-15-5-6-18(25)17(20)13-15)23-16-7-10-24(11-8-16)9-4-12-26-2/h5-6,13,16,25H,3-4,7-12,14H2,1-2H3,(H2,21,22,23). The monoisotopic (exact) mass is 366 g/mol. The largest absolute Gasteiger partial charge is 0.505 e. The van der Waals surface area contributed by atoms with E-state index >= 15 is 0 Å². The molecule has 1 aromatic carbocycles. The molecule has 7 heteroatoms. The third kappa shape index (κ3) is 6.80. The lowest BCUT2D eigenvalue weighted by Gasteiger charge is -2.33. The van der Waals surface area contributed by atoms with Crippen LogP contribution in [0.3, 0.4) is 0 Å². The Bertz CT molecular complexity index is 575. The third-order valence-corrected chi connectivity index (χ3v) is 4.53. The SMILES string of the molecule is CCNC(=NCc1ccc(O)c(F)c1)NC1CCN(CCCOC)CC1. The van der Waals surface area contributed by atoms with E-state index < -0.39 is 5.82 Å². The van der Waals surface area contributed by atoms with Gasteiger partial charge in [0.1, 0.15) is 0 Å². The number of aliphatic imine (C=N–C) groups is 1. The number of methoxy groups -OCH3 is 1.